The molecule has 3 heteroatoms. The second-order valence-electron chi connectivity index (χ2n) is 5.69. The van der Waals surface area contributed by atoms with Crippen molar-refractivity contribution >= 4 is 0 Å². The Hall–Kier alpha value is -0.930. The minimum absolute atomic E-state index is 0.265. The van der Waals surface area contributed by atoms with Crippen LogP contribution in [0.15, 0.2) is 24.4 Å². The summed E-state index contributed by atoms with van der Waals surface area (Å²) < 4.78 is 0. The quantitative estimate of drug-likeness (QED) is 0.866. The average Bonchev–Trinajstić information content (AvgIpc) is 2.29. The number of nitrogens with one attached hydrogen (secondary N) is 1. The van der Waals surface area contributed by atoms with Crippen LogP contribution in [0.1, 0.15) is 32.4 Å². The second kappa shape index (κ2) is 5.15. The van der Waals surface area contributed by atoms with Gasteiger partial charge in [-0.25, -0.2) is 0 Å². The van der Waals surface area contributed by atoms with Crippen LogP contribution >= 0.6 is 0 Å². The lowest BCUT2D eigenvalue weighted by Gasteiger charge is -2.40. The summed E-state index contributed by atoms with van der Waals surface area (Å²) in [5, 5.41) is 3.56. The van der Waals surface area contributed by atoms with E-state index >= 15 is 0 Å². The molecule has 1 atom stereocenters. The first-order valence-corrected chi connectivity index (χ1v) is 6.42. The molecule has 1 unspecified atom stereocenters. The van der Waals surface area contributed by atoms with Crippen LogP contribution in [0, 0.1) is 0 Å². The van der Waals surface area contributed by atoms with Gasteiger partial charge < -0.3 is 5.32 Å². The van der Waals surface area contributed by atoms with Crippen LogP contribution in [0.4, 0.5) is 0 Å². The number of pyridine rings is 1. The Labute approximate surface area is 104 Å². The lowest BCUT2D eigenvalue weighted by Crippen LogP contribution is -2.52. The summed E-state index contributed by atoms with van der Waals surface area (Å²) in [5.41, 5.74) is 1.42. The highest BCUT2D eigenvalue weighted by Crippen LogP contribution is 2.22. The number of aromatic nitrogens is 1. The maximum absolute atomic E-state index is 4.39. The molecule has 1 fully saturated rings. The molecule has 1 aliphatic heterocycles. The first-order chi connectivity index (χ1) is 8.07. The smallest absolute Gasteiger partial charge is 0.0543 e. The van der Waals surface area contributed by atoms with E-state index in [1.54, 1.807) is 0 Å². The zero-order valence-corrected chi connectivity index (χ0v) is 11.1. The van der Waals surface area contributed by atoms with Crippen LogP contribution in [0.3, 0.4) is 0 Å². The molecule has 1 N–H and O–H groups in total. The summed E-state index contributed by atoms with van der Waals surface area (Å²) in [4.78, 5) is 6.83. The van der Waals surface area contributed by atoms with E-state index in [0.717, 1.165) is 18.8 Å². The van der Waals surface area contributed by atoms with E-state index in [4.69, 9.17) is 0 Å². The van der Waals surface area contributed by atoms with Gasteiger partial charge in [-0.2, -0.15) is 0 Å². The molecule has 17 heavy (non-hydrogen) atoms. The molecule has 2 heterocycles. The minimum Gasteiger partial charge on any atom is -0.312 e. The Morgan fingerprint density at radius 2 is 2.29 bits per heavy atom. The Balaban J connectivity index is 1.94. The standard InChI is InChI=1S/C14H23N3/c1-14(2)10-13(7-9-16-14)17(3)11-12-6-4-5-8-15-12/h4-6,8,13,16H,7,9-11H2,1-3H3. The predicted molar refractivity (Wildman–Crippen MR) is 70.8 cm³/mol. The van der Waals surface area contributed by atoms with Crippen molar-refractivity contribution in [2.45, 2.75) is 44.8 Å². The molecule has 0 spiro atoms. The van der Waals surface area contributed by atoms with Gasteiger partial charge in [-0.1, -0.05) is 6.07 Å². The molecule has 0 aromatic carbocycles. The third-order valence-corrected chi connectivity index (χ3v) is 3.59. The highest BCUT2D eigenvalue weighted by Gasteiger charge is 2.29. The molecular weight excluding hydrogens is 210 g/mol. The van der Waals surface area contributed by atoms with Crippen molar-refractivity contribution in [1.82, 2.24) is 15.2 Å². The molecule has 1 saturated heterocycles. The van der Waals surface area contributed by atoms with Crippen LogP contribution in [-0.2, 0) is 6.54 Å². The zero-order valence-electron chi connectivity index (χ0n) is 11.1. The fourth-order valence-corrected chi connectivity index (χ4v) is 2.59. The first-order valence-electron chi connectivity index (χ1n) is 6.42. The lowest BCUT2D eigenvalue weighted by atomic mass is 9.88. The Bertz CT molecular complexity index is 348. The van der Waals surface area contributed by atoms with Crippen molar-refractivity contribution in [3.05, 3.63) is 30.1 Å². The largest absolute Gasteiger partial charge is 0.312 e. The molecule has 2 rings (SSSR count). The van der Waals surface area contributed by atoms with Gasteiger partial charge in [0.25, 0.3) is 0 Å². The molecule has 0 bridgehead atoms. The number of rotatable bonds is 3. The lowest BCUT2D eigenvalue weighted by molar-refractivity contribution is 0.137. The van der Waals surface area contributed by atoms with Crippen LogP contribution in [0.2, 0.25) is 0 Å². The van der Waals surface area contributed by atoms with E-state index in [1.807, 2.05) is 12.3 Å². The maximum atomic E-state index is 4.39. The average molecular weight is 233 g/mol. The molecule has 94 valence electrons. The van der Waals surface area contributed by atoms with E-state index in [2.05, 4.69) is 48.2 Å². The van der Waals surface area contributed by atoms with Crippen LogP contribution in [-0.4, -0.2) is 35.1 Å². The summed E-state index contributed by atoms with van der Waals surface area (Å²) in [6.07, 6.45) is 4.30. The van der Waals surface area contributed by atoms with Crippen molar-refractivity contribution < 1.29 is 0 Å². The van der Waals surface area contributed by atoms with Gasteiger partial charge in [0.2, 0.25) is 0 Å². The van der Waals surface area contributed by atoms with Crippen molar-refractivity contribution in [3.8, 4) is 0 Å². The zero-order chi connectivity index (χ0) is 12.3. The fraction of sp³-hybridized carbons (Fsp3) is 0.643. The fourth-order valence-electron chi connectivity index (χ4n) is 2.59. The van der Waals surface area contributed by atoms with Crippen molar-refractivity contribution in [2.75, 3.05) is 13.6 Å². The van der Waals surface area contributed by atoms with Gasteiger partial charge in [-0.3, -0.25) is 9.88 Å². The summed E-state index contributed by atoms with van der Waals surface area (Å²) in [6.45, 7) is 6.63. The van der Waals surface area contributed by atoms with E-state index in [9.17, 15) is 0 Å². The molecular formula is C14H23N3. The minimum atomic E-state index is 0.265. The number of piperidine rings is 1. The van der Waals surface area contributed by atoms with Crippen LogP contribution < -0.4 is 5.32 Å². The van der Waals surface area contributed by atoms with Gasteiger partial charge >= 0.3 is 0 Å². The number of nitrogens with zero attached hydrogens (tertiary/aromatic N) is 2. The summed E-state index contributed by atoms with van der Waals surface area (Å²) in [6, 6.07) is 6.79. The monoisotopic (exact) mass is 233 g/mol. The molecule has 3 nitrogen and oxygen atoms in total. The third-order valence-electron chi connectivity index (χ3n) is 3.59. The molecule has 0 aliphatic carbocycles. The highest BCUT2D eigenvalue weighted by atomic mass is 15.2. The second-order valence-corrected chi connectivity index (χ2v) is 5.69. The van der Waals surface area contributed by atoms with Gasteiger partial charge in [0, 0.05) is 24.3 Å². The Kier molecular flexibility index (Phi) is 3.79. The predicted octanol–water partition coefficient (Wildman–Crippen LogP) is 2.04. The van der Waals surface area contributed by atoms with Gasteiger partial charge in [0.05, 0.1) is 5.69 Å². The topological polar surface area (TPSA) is 28.2 Å². The van der Waals surface area contributed by atoms with E-state index in [-0.39, 0.29) is 5.54 Å². The van der Waals surface area contributed by atoms with E-state index in [0.29, 0.717) is 6.04 Å². The van der Waals surface area contributed by atoms with Crippen LogP contribution in [0.5, 0.6) is 0 Å². The molecule has 0 amide bonds. The molecule has 0 radical (unpaired) electrons. The van der Waals surface area contributed by atoms with Gasteiger partial charge in [-0.05, 0) is 52.4 Å². The SMILES string of the molecule is CN(Cc1ccccn1)C1CCNC(C)(C)C1. The molecule has 1 aromatic rings. The maximum Gasteiger partial charge on any atom is 0.0543 e. The number of hydrogen-bond donors (Lipinski definition) is 1. The van der Waals surface area contributed by atoms with Gasteiger partial charge in [0.15, 0.2) is 0 Å². The normalized spacial score (nSPS) is 23.9. The van der Waals surface area contributed by atoms with E-state index < -0.39 is 0 Å². The van der Waals surface area contributed by atoms with Crippen molar-refractivity contribution in [3.63, 3.8) is 0 Å². The molecule has 0 saturated carbocycles. The van der Waals surface area contributed by atoms with Crippen molar-refractivity contribution in [2.24, 2.45) is 0 Å². The summed E-state index contributed by atoms with van der Waals surface area (Å²) >= 11 is 0. The highest BCUT2D eigenvalue weighted by molar-refractivity contribution is 5.03. The van der Waals surface area contributed by atoms with Gasteiger partial charge in [-0.15, -0.1) is 0 Å². The Morgan fingerprint density at radius 3 is 2.94 bits per heavy atom. The van der Waals surface area contributed by atoms with E-state index in [1.165, 1.54) is 12.8 Å². The third kappa shape index (κ3) is 3.51. The van der Waals surface area contributed by atoms with Crippen LogP contribution in [0.25, 0.3) is 0 Å². The first kappa shape index (κ1) is 12.5. The Morgan fingerprint density at radius 1 is 1.47 bits per heavy atom. The van der Waals surface area contributed by atoms with Crippen molar-refractivity contribution in [1.29, 1.82) is 0 Å². The summed E-state index contributed by atoms with van der Waals surface area (Å²) in [7, 11) is 2.21. The summed E-state index contributed by atoms with van der Waals surface area (Å²) in [5.74, 6) is 0. The van der Waals surface area contributed by atoms with Gasteiger partial charge in [0.1, 0.15) is 0 Å². The molecule has 1 aromatic heterocycles. The molecule has 1 aliphatic rings. The number of hydrogen-bond acceptors (Lipinski definition) is 3.